The molecule has 0 atom stereocenters. The van der Waals surface area contributed by atoms with Crippen LogP contribution in [0.5, 0.6) is 11.5 Å². The van der Waals surface area contributed by atoms with Crippen molar-refractivity contribution in [2.24, 2.45) is 4.99 Å². The molecule has 2 rings (SSSR count). The van der Waals surface area contributed by atoms with Gasteiger partial charge in [-0.15, -0.1) is 0 Å². The zero-order chi connectivity index (χ0) is 13.0. The molecule has 18 heavy (non-hydrogen) atoms. The van der Waals surface area contributed by atoms with Crippen molar-refractivity contribution >= 4 is 5.71 Å². The number of fused-ring (bicyclic) bond motifs is 1. The molecule has 0 saturated carbocycles. The topological polar surface area (TPSA) is 30.8 Å². The third-order valence-corrected chi connectivity index (χ3v) is 3.37. The summed E-state index contributed by atoms with van der Waals surface area (Å²) < 4.78 is 10.7. The van der Waals surface area contributed by atoms with Crippen molar-refractivity contribution in [3.63, 3.8) is 0 Å². The van der Waals surface area contributed by atoms with Gasteiger partial charge in [-0.1, -0.05) is 13.3 Å². The Kier molecular flexibility index (Phi) is 4.24. The summed E-state index contributed by atoms with van der Waals surface area (Å²) >= 11 is 0. The van der Waals surface area contributed by atoms with Crippen LogP contribution in [0.25, 0.3) is 0 Å². The van der Waals surface area contributed by atoms with Crippen molar-refractivity contribution in [2.45, 2.75) is 32.6 Å². The molecule has 0 N–H and O–H groups in total. The summed E-state index contributed by atoms with van der Waals surface area (Å²) in [5.41, 5.74) is 3.79. The molecule has 1 aromatic carbocycles. The highest BCUT2D eigenvalue weighted by Crippen LogP contribution is 2.33. The van der Waals surface area contributed by atoms with E-state index in [1.807, 2.05) is 0 Å². The van der Waals surface area contributed by atoms with Crippen molar-refractivity contribution in [1.82, 2.24) is 0 Å². The molecule has 0 aromatic heterocycles. The number of aliphatic imine (C=N–C) groups is 1. The predicted octanol–water partition coefficient (Wildman–Crippen LogP) is 3.24. The minimum atomic E-state index is 0.794. The second-order valence-electron chi connectivity index (χ2n) is 4.55. The van der Waals surface area contributed by atoms with Gasteiger partial charge in [0.25, 0.3) is 0 Å². The van der Waals surface area contributed by atoms with Gasteiger partial charge >= 0.3 is 0 Å². The van der Waals surface area contributed by atoms with E-state index in [1.54, 1.807) is 14.2 Å². The van der Waals surface area contributed by atoms with Gasteiger partial charge in [0.15, 0.2) is 11.5 Å². The van der Waals surface area contributed by atoms with Crippen molar-refractivity contribution < 1.29 is 9.47 Å². The molecular formula is C15H21NO2. The first-order valence-electron chi connectivity index (χ1n) is 6.58. The van der Waals surface area contributed by atoms with E-state index >= 15 is 0 Å². The molecule has 0 spiro atoms. The van der Waals surface area contributed by atoms with Gasteiger partial charge < -0.3 is 9.47 Å². The van der Waals surface area contributed by atoms with E-state index in [2.05, 4.69) is 24.0 Å². The molecule has 0 amide bonds. The lowest BCUT2D eigenvalue weighted by atomic mass is 9.94. The van der Waals surface area contributed by atoms with Crippen LogP contribution in [-0.4, -0.2) is 26.5 Å². The van der Waals surface area contributed by atoms with Crippen LogP contribution in [0.15, 0.2) is 17.1 Å². The highest BCUT2D eigenvalue weighted by atomic mass is 16.5. The summed E-state index contributed by atoms with van der Waals surface area (Å²) in [6.07, 6.45) is 4.43. The Morgan fingerprint density at radius 1 is 1.17 bits per heavy atom. The van der Waals surface area contributed by atoms with Crippen LogP contribution in [-0.2, 0) is 6.42 Å². The highest BCUT2D eigenvalue weighted by molar-refractivity contribution is 6.03. The maximum Gasteiger partial charge on any atom is 0.161 e. The largest absolute Gasteiger partial charge is 0.493 e. The summed E-state index contributed by atoms with van der Waals surface area (Å²) in [6.45, 7) is 3.10. The number of benzene rings is 1. The molecular weight excluding hydrogens is 226 g/mol. The fourth-order valence-corrected chi connectivity index (χ4v) is 2.35. The number of ether oxygens (including phenoxy) is 2. The first-order valence-corrected chi connectivity index (χ1v) is 6.58. The standard InChI is InChI=1S/C15H21NO2/c1-4-5-6-13-12-10-15(18-3)14(17-2)9-11(12)7-8-16-13/h9-10H,4-8H2,1-3H3. The van der Waals surface area contributed by atoms with Crippen molar-refractivity contribution in [2.75, 3.05) is 20.8 Å². The zero-order valence-electron chi connectivity index (χ0n) is 11.5. The molecule has 1 aliphatic heterocycles. The van der Waals surface area contributed by atoms with Gasteiger partial charge in [-0.2, -0.15) is 0 Å². The molecule has 0 unspecified atom stereocenters. The molecule has 3 heteroatoms. The maximum atomic E-state index is 5.38. The lowest BCUT2D eigenvalue weighted by Crippen LogP contribution is -2.13. The molecule has 98 valence electrons. The summed E-state index contributed by atoms with van der Waals surface area (Å²) in [7, 11) is 3.36. The van der Waals surface area contributed by atoms with Gasteiger partial charge in [-0.25, -0.2) is 0 Å². The maximum absolute atomic E-state index is 5.38. The number of hydrogen-bond acceptors (Lipinski definition) is 3. The van der Waals surface area contributed by atoms with E-state index in [4.69, 9.17) is 9.47 Å². The fourth-order valence-electron chi connectivity index (χ4n) is 2.35. The summed E-state index contributed by atoms with van der Waals surface area (Å²) in [5.74, 6) is 1.61. The van der Waals surface area contributed by atoms with Crippen molar-refractivity contribution in [1.29, 1.82) is 0 Å². The number of rotatable bonds is 5. The molecule has 1 aliphatic rings. The second kappa shape index (κ2) is 5.89. The molecule has 0 aliphatic carbocycles. The van der Waals surface area contributed by atoms with E-state index in [0.717, 1.165) is 30.9 Å². The molecule has 0 bridgehead atoms. The smallest absolute Gasteiger partial charge is 0.161 e. The van der Waals surface area contributed by atoms with Crippen molar-refractivity contribution in [3.05, 3.63) is 23.3 Å². The first-order chi connectivity index (χ1) is 8.80. The van der Waals surface area contributed by atoms with Crippen LogP contribution >= 0.6 is 0 Å². The SMILES string of the molecule is CCCCC1=NCCc2cc(OC)c(OC)cc21. The third kappa shape index (κ3) is 2.50. The first kappa shape index (κ1) is 12.9. The van der Waals surface area contributed by atoms with Gasteiger partial charge in [0.05, 0.1) is 14.2 Å². The number of hydrogen-bond donors (Lipinski definition) is 0. The van der Waals surface area contributed by atoms with E-state index in [9.17, 15) is 0 Å². The normalized spacial score (nSPS) is 13.8. The summed E-state index contributed by atoms with van der Waals surface area (Å²) in [6, 6.07) is 4.16. The minimum Gasteiger partial charge on any atom is -0.493 e. The molecule has 3 nitrogen and oxygen atoms in total. The lowest BCUT2D eigenvalue weighted by Gasteiger charge is -2.19. The molecule has 1 aromatic rings. The van der Waals surface area contributed by atoms with Crippen molar-refractivity contribution in [3.8, 4) is 11.5 Å². The Labute approximate surface area is 109 Å². The Bertz CT molecular complexity index is 452. The van der Waals surface area contributed by atoms with Gasteiger partial charge in [-0.05, 0) is 37.0 Å². The Morgan fingerprint density at radius 3 is 2.56 bits per heavy atom. The Balaban J connectivity index is 2.36. The number of methoxy groups -OCH3 is 2. The van der Waals surface area contributed by atoms with E-state index in [-0.39, 0.29) is 0 Å². The minimum absolute atomic E-state index is 0.794. The number of nitrogens with zero attached hydrogens (tertiary/aromatic N) is 1. The highest BCUT2D eigenvalue weighted by Gasteiger charge is 2.17. The van der Waals surface area contributed by atoms with E-state index < -0.39 is 0 Å². The average molecular weight is 247 g/mol. The second-order valence-corrected chi connectivity index (χ2v) is 4.55. The van der Waals surface area contributed by atoms with E-state index in [0.29, 0.717) is 0 Å². The van der Waals surface area contributed by atoms with Crippen LogP contribution in [0.1, 0.15) is 37.3 Å². The molecule has 1 heterocycles. The van der Waals surface area contributed by atoms with Gasteiger partial charge in [0.2, 0.25) is 0 Å². The monoisotopic (exact) mass is 247 g/mol. The number of unbranched alkanes of at least 4 members (excludes halogenated alkanes) is 1. The molecule has 0 saturated heterocycles. The predicted molar refractivity (Wildman–Crippen MR) is 74.2 cm³/mol. The summed E-state index contributed by atoms with van der Waals surface area (Å²) in [5, 5.41) is 0. The van der Waals surface area contributed by atoms with Gasteiger partial charge in [0, 0.05) is 17.8 Å². The Morgan fingerprint density at radius 2 is 1.89 bits per heavy atom. The molecule has 0 radical (unpaired) electrons. The van der Waals surface area contributed by atoms with Gasteiger partial charge in [-0.3, -0.25) is 4.99 Å². The van der Waals surface area contributed by atoms with Crippen LogP contribution in [0.3, 0.4) is 0 Å². The molecule has 0 fully saturated rings. The van der Waals surface area contributed by atoms with Gasteiger partial charge in [0.1, 0.15) is 0 Å². The third-order valence-electron chi connectivity index (χ3n) is 3.37. The van der Waals surface area contributed by atoms with Crippen LogP contribution in [0.4, 0.5) is 0 Å². The quantitative estimate of drug-likeness (QED) is 0.799. The van der Waals surface area contributed by atoms with Crippen LogP contribution < -0.4 is 9.47 Å². The summed E-state index contributed by atoms with van der Waals surface area (Å²) in [4.78, 5) is 4.66. The average Bonchev–Trinajstić information content (AvgIpc) is 2.43. The Hall–Kier alpha value is -1.51. The lowest BCUT2D eigenvalue weighted by molar-refractivity contribution is 0.354. The van der Waals surface area contributed by atoms with Crippen LogP contribution in [0, 0.1) is 0 Å². The van der Waals surface area contributed by atoms with Crippen LogP contribution in [0.2, 0.25) is 0 Å². The van der Waals surface area contributed by atoms with E-state index in [1.165, 1.54) is 29.7 Å². The fraction of sp³-hybridized carbons (Fsp3) is 0.533. The zero-order valence-corrected chi connectivity index (χ0v) is 11.5.